The molecule has 1 aliphatic rings. The summed E-state index contributed by atoms with van der Waals surface area (Å²) in [5.41, 5.74) is 0. The van der Waals surface area contributed by atoms with Gasteiger partial charge in [-0.1, -0.05) is 5.16 Å². The number of hydrogen-bond acceptors (Lipinski definition) is 9. The maximum absolute atomic E-state index is 12.0. The van der Waals surface area contributed by atoms with Crippen LogP contribution in [0.4, 0.5) is 0 Å². The van der Waals surface area contributed by atoms with E-state index in [0.717, 1.165) is 38.3 Å². The van der Waals surface area contributed by atoms with Crippen LogP contribution in [0.15, 0.2) is 28.8 Å². The molecule has 0 spiro atoms. The summed E-state index contributed by atoms with van der Waals surface area (Å²) in [6, 6.07) is 7.34. The Kier molecular flexibility index (Phi) is 9.07. The van der Waals surface area contributed by atoms with Gasteiger partial charge < -0.3 is 24.1 Å². The molecule has 1 saturated heterocycles. The molecule has 1 aliphatic heterocycles. The Balaban J connectivity index is 1.34. The molecule has 0 radical (unpaired) electrons. The lowest BCUT2D eigenvalue weighted by molar-refractivity contribution is -0.122. The van der Waals surface area contributed by atoms with Crippen LogP contribution in [0.1, 0.15) is 18.1 Å². The summed E-state index contributed by atoms with van der Waals surface area (Å²) in [5, 5.41) is 6.91. The predicted octanol–water partition coefficient (Wildman–Crippen LogP) is 0.928. The Hall–Kier alpha value is -2.69. The van der Waals surface area contributed by atoms with E-state index < -0.39 is 0 Å². The average molecular weight is 434 g/mol. The Morgan fingerprint density at radius 2 is 1.81 bits per heavy atom. The summed E-state index contributed by atoms with van der Waals surface area (Å²) in [4.78, 5) is 20.8. The fourth-order valence-electron chi connectivity index (χ4n) is 3.23. The van der Waals surface area contributed by atoms with E-state index in [1.54, 1.807) is 14.2 Å². The standard InChI is InChI=1S/C21H31N5O5/c1-28-13-3-8-22-20(27)14-25-9-11-26(12-10-25)15-21-23-19(24-31-21)16-30-18-6-4-17(29-2)5-7-18/h4-7H,3,8-16H2,1-2H3,(H,22,27). The second-order valence-electron chi connectivity index (χ2n) is 7.32. The highest BCUT2D eigenvalue weighted by atomic mass is 16.5. The summed E-state index contributed by atoms with van der Waals surface area (Å²) in [6.45, 7) is 5.90. The molecule has 1 aromatic carbocycles. The molecule has 0 saturated carbocycles. The molecular formula is C21H31N5O5. The summed E-state index contributed by atoms with van der Waals surface area (Å²) in [7, 11) is 3.28. The van der Waals surface area contributed by atoms with Crippen LogP contribution in [-0.4, -0.2) is 85.9 Å². The van der Waals surface area contributed by atoms with Crippen LogP contribution in [-0.2, 0) is 22.7 Å². The zero-order valence-electron chi connectivity index (χ0n) is 18.2. The average Bonchev–Trinajstić information content (AvgIpc) is 3.24. The van der Waals surface area contributed by atoms with Crippen LogP contribution in [0, 0.1) is 0 Å². The van der Waals surface area contributed by atoms with Crippen LogP contribution in [0.3, 0.4) is 0 Å². The van der Waals surface area contributed by atoms with Crippen molar-refractivity contribution >= 4 is 5.91 Å². The van der Waals surface area contributed by atoms with Crippen molar-refractivity contribution in [2.24, 2.45) is 0 Å². The summed E-state index contributed by atoms with van der Waals surface area (Å²) in [6.07, 6.45) is 0.827. The van der Waals surface area contributed by atoms with E-state index in [2.05, 4.69) is 25.3 Å². The number of nitrogens with one attached hydrogen (secondary N) is 1. The Bertz CT molecular complexity index is 790. The third kappa shape index (κ3) is 7.82. The number of nitrogens with zero attached hydrogens (tertiary/aromatic N) is 4. The van der Waals surface area contributed by atoms with Gasteiger partial charge in [-0.3, -0.25) is 14.6 Å². The van der Waals surface area contributed by atoms with E-state index in [4.69, 9.17) is 18.7 Å². The number of amides is 1. The van der Waals surface area contributed by atoms with Gasteiger partial charge >= 0.3 is 0 Å². The number of carbonyl (C=O) groups is 1. The maximum Gasteiger partial charge on any atom is 0.240 e. The third-order valence-corrected chi connectivity index (χ3v) is 4.98. The van der Waals surface area contributed by atoms with Crippen LogP contribution in [0.5, 0.6) is 11.5 Å². The van der Waals surface area contributed by atoms with Crippen LogP contribution in [0.2, 0.25) is 0 Å². The van der Waals surface area contributed by atoms with Crippen molar-refractivity contribution in [2.45, 2.75) is 19.6 Å². The van der Waals surface area contributed by atoms with Crippen LogP contribution >= 0.6 is 0 Å². The molecule has 1 N–H and O–H groups in total. The van der Waals surface area contributed by atoms with Crippen molar-refractivity contribution in [3.8, 4) is 11.5 Å². The third-order valence-electron chi connectivity index (χ3n) is 4.98. The van der Waals surface area contributed by atoms with Gasteiger partial charge in [0.1, 0.15) is 11.5 Å². The monoisotopic (exact) mass is 433 g/mol. The molecule has 2 aromatic rings. The lowest BCUT2D eigenvalue weighted by Crippen LogP contribution is -2.49. The summed E-state index contributed by atoms with van der Waals surface area (Å²) < 4.78 is 21.2. The van der Waals surface area contributed by atoms with Gasteiger partial charge in [-0.2, -0.15) is 4.98 Å². The van der Waals surface area contributed by atoms with Crippen molar-refractivity contribution in [3.63, 3.8) is 0 Å². The highest BCUT2D eigenvalue weighted by molar-refractivity contribution is 5.77. The molecule has 10 nitrogen and oxygen atoms in total. The second-order valence-corrected chi connectivity index (χ2v) is 7.32. The minimum Gasteiger partial charge on any atom is -0.497 e. The van der Waals surface area contributed by atoms with Crippen molar-refractivity contribution in [3.05, 3.63) is 36.0 Å². The smallest absolute Gasteiger partial charge is 0.240 e. The van der Waals surface area contributed by atoms with E-state index in [-0.39, 0.29) is 12.5 Å². The van der Waals surface area contributed by atoms with E-state index in [1.165, 1.54) is 0 Å². The van der Waals surface area contributed by atoms with Crippen LogP contribution in [0.25, 0.3) is 0 Å². The molecular weight excluding hydrogens is 402 g/mol. The molecule has 2 heterocycles. The minimum atomic E-state index is 0.0583. The SMILES string of the molecule is COCCCNC(=O)CN1CCN(Cc2nc(COc3ccc(OC)cc3)no2)CC1. The lowest BCUT2D eigenvalue weighted by atomic mass is 10.3. The molecule has 1 aromatic heterocycles. The number of rotatable bonds is 12. The molecule has 0 atom stereocenters. The highest BCUT2D eigenvalue weighted by Gasteiger charge is 2.20. The minimum absolute atomic E-state index is 0.0583. The molecule has 170 valence electrons. The van der Waals surface area contributed by atoms with E-state index in [1.807, 2.05) is 24.3 Å². The van der Waals surface area contributed by atoms with Crippen molar-refractivity contribution in [1.29, 1.82) is 0 Å². The summed E-state index contributed by atoms with van der Waals surface area (Å²) in [5.74, 6) is 2.62. The normalized spacial score (nSPS) is 15.0. The van der Waals surface area contributed by atoms with Gasteiger partial charge in [0.15, 0.2) is 6.61 Å². The zero-order chi connectivity index (χ0) is 21.9. The van der Waals surface area contributed by atoms with E-state index in [0.29, 0.717) is 43.7 Å². The molecule has 10 heteroatoms. The van der Waals surface area contributed by atoms with Crippen molar-refractivity contribution < 1.29 is 23.5 Å². The first-order valence-corrected chi connectivity index (χ1v) is 10.4. The summed E-state index contributed by atoms with van der Waals surface area (Å²) >= 11 is 0. The first kappa shape index (κ1) is 23.0. The number of benzene rings is 1. The molecule has 31 heavy (non-hydrogen) atoms. The Morgan fingerprint density at radius 1 is 1.10 bits per heavy atom. The zero-order valence-corrected chi connectivity index (χ0v) is 18.2. The van der Waals surface area contributed by atoms with E-state index >= 15 is 0 Å². The molecule has 0 unspecified atom stereocenters. The molecule has 0 aliphatic carbocycles. The fourth-order valence-corrected chi connectivity index (χ4v) is 3.23. The first-order valence-electron chi connectivity index (χ1n) is 10.4. The van der Waals surface area contributed by atoms with Gasteiger partial charge in [-0.15, -0.1) is 0 Å². The van der Waals surface area contributed by atoms with Gasteiger partial charge in [0.25, 0.3) is 0 Å². The molecule has 3 rings (SSSR count). The van der Waals surface area contributed by atoms with Crippen molar-refractivity contribution in [1.82, 2.24) is 25.3 Å². The highest BCUT2D eigenvalue weighted by Crippen LogP contribution is 2.18. The van der Waals surface area contributed by atoms with Gasteiger partial charge in [0.2, 0.25) is 17.6 Å². The largest absolute Gasteiger partial charge is 0.497 e. The number of aromatic nitrogens is 2. The van der Waals surface area contributed by atoms with Crippen LogP contribution < -0.4 is 14.8 Å². The fraction of sp³-hybridized carbons (Fsp3) is 0.571. The number of methoxy groups -OCH3 is 2. The molecule has 1 amide bonds. The van der Waals surface area contributed by atoms with Gasteiger partial charge in [0.05, 0.1) is 20.2 Å². The Labute approximate surface area is 182 Å². The van der Waals surface area contributed by atoms with E-state index in [9.17, 15) is 4.79 Å². The number of piperazine rings is 1. The molecule has 0 bridgehead atoms. The first-order chi connectivity index (χ1) is 15.2. The van der Waals surface area contributed by atoms with Gasteiger partial charge in [0, 0.05) is 46.4 Å². The Morgan fingerprint density at radius 3 is 2.52 bits per heavy atom. The predicted molar refractivity (Wildman–Crippen MR) is 113 cm³/mol. The number of ether oxygens (including phenoxy) is 3. The lowest BCUT2D eigenvalue weighted by Gasteiger charge is -2.33. The quantitative estimate of drug-likeness (QED) is 0.490. The van der Waals surface area contributed by atoms with Crippen molar-refractivity contribution in [2.75, 3.05) is 60.1 Å². The topological polar surface area (TPSA) is 102 Å². The van der Waals surface area contributed by atoms with Gasteiger partial charge in [-0.25, -0.2) is 0 Å². The molecule has 1 fully saturated rings. The number of hydrogen-bond donors (Lipinski definition) is 1. The number of carbonyl (C=O) groups excluding carboxylic acids is 1. The van der Waals surface area contributed by atoms with Gasteiger partial charge in [-0.05, 0) is 30.7 Å². The second kappa shape index (κ2) is 12.2. The maximum atomic E-state index is 12.0.